The number of carbonyl (C=O) groups is 1. The van der Waals surface area contributed by atoms with E-state index < -0.39 is 5.92 Å². The number of esters is 1. The molecule has 0 bridgehead atoms. The lowest BCUT2D eigenvalue weighted by Gasteiger charge is -2.14. The lowest BCUT2D eigenvalue weighted by atomic mass is 10.0. The van der Waals surface area contributed by atoms with Crippen LogP contribution in [0.5, 0.6) is 0 Å². The van der Waals surface area contributed by atoms with E-state index in [-0.39, 0.29) is 17.2 Å². The molecule has 0 aliphatic rings. The second kappa shape index (κ2) is 9.47. The number of rotatable bonds is 9. The topological polar surface area (TPSA) is 72.0 Å². The summed E-state index contributed by atoms with van der Waals surface area (Å²) in [6, 6.07) is 7.32. The Morgan fingerprint density at radius 2 is 2.08 bits per heavy atom. The maximum atomic E-state index is 12.4. The van der Waals surface area contributed by atoms with Crippen LogP contribution >= 0.6 is 11.8 Å². The molecule has 0 aliphatic heterocycles. The molecule has 1 aromatic heterocycles. The lowest BCUT2D eigenvalue weighted by molar-refractivity contribution is -0.145. The van der Waals surface area contributed by atoms with E-state index in [1.807, 2.05) is 18.2 Å². The van der Waals surface area contributed by atoms with E-state index in [2.05, 4.69) is 16.9 Å². The van der Waals surface area contributed by atoms with E-state index in [1.54, 1.807) is 24.8 Å². The molecule has 6 heteroatoms. The number of hydrogen-bond donors (Lipinski definition) is 1. The molecule has 0 saturated carbocycles. The number of carbonyl (C=O) groups excluding carboxylic acids is 1. The number of nitrogens with zero attached hydrogens (tertiary/aromatic N) is 1. The third-order valence-electron chi connectivity index (χ3n) is 3.72. The Morgan fingerprint density at radius 1 is 1.29 bits per heavy atom. The molecule has 24 heavy (non-hydrogen) atoms. The Hall–Kier alpha value is -1.82. The number of nitrogens with one attached hydrogen (secondary N) is 1. The molecule has 0 amide bonds. The fourth-order valence-electron chi connectivity index (χ4n) is 2.44. The van der Waals surface area contributed by atoms with Crippen molar-refractivity contribution in [3.05, 3.63) is 40.3 Å². The Balaban J connectivity index is 2.23. The summed E-state index contributed by atoms with van der Waals surface area (Å²) >= 11 is 1.80. The summed E-state index contributed by atoms with van der Waals surface area (Å²) in [6.07, 6.45) is 2.87. The standard InChI is InChI=1S/C18H24N2O3S/c1-3-5-11-24-12-10-13(18(22)23-4-2)16-17(21)20-15-9-7-6-8-14(15)19-16/h6-9,13H,3-5,10-12H2,1-2H3,(H,20,21). The SMILES string of the molecule is CCCCSCCC(C(=O)OCC)c1nc2ccccc2[nH]c1=O. The third kappa shape index (κ3) is 4.84. The minimum absolute atomic E-state index is 0.253. The zero-order valence-electron chi connectivity index (χ0n) is 14.2. The molecule has 5 nitrogen and oxygen atoms in total. The molecular weight excluding hydrogens is 324 g/mol. The molecular formula is C18H24N2O3S. The second-order valence-corrected chi connectivity index (χ2v) is 6.75. The molecule has 1 N–H and O–H groups in total. The summed E-state index contributed by atoms with van der Waals surface area (Å²) in [7, 11) is 0. The molecule has 1 heterocycles. The zero-order chi connectivity index (χ0) is 17.4. The van der Waals surface area contributed by atoms with Crippen molar-refractivity contribution in [1.29, 1.82) is 0 Å². The quantitative estimate of drug-likeness (QED) is 0.555. The van der Waals surface area contributed by atoms with Crippen LogP contribution in [0.15, 0.2) is 29.1 Å². The predicted molar refractivity (Wildman–Crippen MR) is 98.6 cm³/mol. The summed E-state index contributed by atoms with van der Waals surface area (Å²) in [5.74, 6) is 0.875. The number of H-pyrrole nitrogens is 1. The first kappa shape index (κ1) is 18.5. The van der Waals surface area contributed by atoms with Crippen LogP contribution in [0.4, 0.5) is 0 Å². The van der Waals surface area contributed by atoms with Gasteiger partial charge >= 0.3 is 5.97 Å². The van der Waals surface area contributed by atoms with Crippen molar-refractivity contribution in [2.75, 3.05) is 18.1 Å². The highest BCUT2D eigenvalue weighted by atomic mass is 32.2. The van der Waals surface area contributed by atoms with E-state index in [9.17, 15) is 9.59 Å². The van der Waals surface area contributed by atoms with Gasteiger partial charge in [-0.25, -0.2) is 4.98 Å². The minimum atomic E-state index is -0.618. The number of fused-ring (bicyclic) bond motifs is 1. The number of aromatic amines is 1. The van der Waals surface area contributed by atoms with Crippen molar-refractivity contribution >= 4 is 28.8 Å². The van der Waals surface area contributed by atoms with E-state index in [1.165, 1.54) is 0 Å². The van der Waals surface area contributed by atoms with Gasteiger partial charge in [-0.2, -0.15) is 11.8 Å². The summed E-state index contributed by atoms with van der Waals surface area (Å²) in [4.78, 5) is 32.0. The van der Waals surface area contributed by atoms with Crippen LogP contribution in [0.25, 0.3) is 11.0 Å². The highest BCUT2D eigenvalue weighted by Crippen LogP contribution is 2.21. The fraction of sp³-hybridized carbons (Fsp3) is 0.500. The maximum Gasteiger partial charge on any atom is 0.315 e. The molecule has 2 rings (SSSR count). The predicted octanol–water partition coefficient (Wildman–Crippen LogP) is 3.49. The van der Waals surface area contributed by atoms with Crippen molar-refractivity contribution in [1.82, 2.24) is 9.97 Å². The highest BCUT2D eigenvalue weighted by Gasteiger charge is 2.26. The van der Waals surface area contributed by atoms with Gasteiger partial charge in [-0.3, -0.25) is 9.59 Å². The molecule has 130 valence electrons. The van der Waals surface area contributed by atoms with Gasteiger partial charge in [0.15, 0.2) is 0 Å². The Kier molecular flexibility index (Phi) is 7.31. The molecule has 1 unspecified atom stereocenters. The van der Waals surface area contributed by atoms with E-state index in [0.29, 0.717) is 24.1 Å². The molecule has 0 spiro atoms. The van der Waals surface area contributed by atoms with Gasteiger partial charge in [-0.1, -0.05) is 25.5 Å². The van der Waals surface area contributed by atoms with Crippen molar-refractivity contribution in [3.63, 3.8) is 0 Å². The molecule has 1 atom stereocenters. The van der Waals surface area contributed by atoms with Gasteiger partial charge in [0.25, 0.3) is 5.56 Å². The first-order chi connectivity index (χ1) is 11.7. The third-order valence-corrected chi connectivity index (χ3v) is 4.82. The molecule has 0 aliphatic carbocycles. The smallest absolute Gasteiger partial charge is 0.315 e. The van der Waals surface area contributed by atoms with Gasteiger partial charge in [-0.15, -0.1) is 0 Å². The van der Waals surface area contributed by atoms with Gasteiger partial charge in [-0.05, 0) is 43.4 Å². The summed E-state index contributed by atoms with van der Waals surface area (Å²) in [5.41, 5.74) is 1.29. The van der Waals surface area contributed by atoms with E-state index >= 15 is 0 Å². The largest absolute Gasteiger partial charge is 0.465 e. The average molecular weight is 348 g/mol. The number of thioether (sulfide) groups is 1. The Bertz CT molecular complexity index is 730. The normalized spacial score (nSPS) is 12.2. The van der Waals surface area contributed by atoms with Crippen LogP contribution in [0.2, 0.25) is 0 Å². The Morgan fingerprint density at radius 3 is 2.83 bits per heavy atom. The summed E-state index contributed by atoms with van der Waals surface area (Å²) in [5, 5.41) is 0. The van der Waals surface area contributed by atoms with Crippen LogP contribution in [0, 0.1) is 0 Å². The number of hydrogen-bond acceptors (Lipinski definition) is 5. The molecule has 0 saturated heterocycles. The monoisotopic (exact) mass is 348 g/mol. The van der Waals surface area contributed by atoms with Crippen LogP contribution in [-0.2, 0) is 9.53 Å². The Labute approximate surface area is 146 Å². The molecule has 0 radical (unpaired) electrons. The second-order valence-electron chi connectivity index (χ2n) is 5.53. The minimum Gasteiger partial charge on any atom is -0.465 e. The maximum absolute atomic E-state index is 12.4. The molecule has 0 fully saturated rings. The van der Waals surface area contributed by atoms with Gasteiger partial charge in [0.05, 0.1) is 17.6 Å². The van der Waals surface area contributed by atoms with Gasteiger partial charge in [0.2, 0.25) is 0 Å². The highest BCUT2D eigenvalue weighted by molar-refractivity contribution is 7.99. The van der Waals surface area contributed by atoms with Crippen molar-refractivity contribution in [2.45, 2.75) is 39.0 Å². The van der Waals surface area contributed by atoms with Crippen molar-refractivity contribution in [3.8, 4) is 0 Å². The summed E-state index contributed by atoms with van der Waals surface area (Å²) < 4.78 is 5.16. The molecule has 2 aromatic rings. The van der Waals surface area contributed by atoms with Crippen LogP contribution in [0.1, 0.15) is 44.7 Å². The fourth-order valence-corrected chi connectivity index (χ4v) is 3.54. The summed E-state index contributed by atoms with van der Waals surface area (Å²) in [6.45, 7) is 4.22. The number of benzene rings is 1. The van der Waals surface area contributed by atoms with Crippen LogP contribution in [0.3, 0.4) is 0 Å². The molecule has 1 aromatic carbocycles. The van der Waals surface area contributed by atoms with Gasteiger partial charge in [0, 0.05) is 0 Å². The van der Waals surface area contributed by atoms with Crippen LogP contribution < -0.4 is 5.56 Å². The zero-order valence-corrected chi connectivity index (χ0v) is 15.0. The van der Waals surface area contributed by atoms with E-state index in [0.717, 1.165) is 24.3 Å². The van der Waals surface area contributed by atoms with Crippen molar-refractivity contribution < 1.29 is 9.53 Å². The number of ether oxygens (including phenoxy) is 1. The number of unbranched alkanes of at least 4 members (excludes halogenated alkanes) is 1. The number of aromatic nitrogens is 2. The first-order valence-corrected chi connectivity index (χ1v) is 9.56. The number of para-hydroxylation sites is 2. The van der Waals surface area contributed by atoms with Gasteiger partial charge in [0.1, 0.15) is 11.6 Å². The lowest BCUT2D eigenvalue weighted by Crippen LogP contribution is -2.26. The van der Waals surface area contributed by atoms with Crippen molar-refractivity contribution in [2.24, 2.45) is 0 Å². The van der Waals surface area contributed by atoms with E-state index in [4.69, 9.17) is 4.74 Å². The van der Waals surface area contributed by atoms with Crippen LogP contribution in [-0.4, -0.2) is 34.0 Å². The van der Waals surface area contributed by atoms with Gasteiger partial charge < -0.3 is 9.72 Å². The average Bonchev–Trinajstić information content (AvgIpc) is 2.58. The first-order valence-electron chi connectivity index (χ1n) is 8.40.